The van der Waals surface area contributed by atoms with Crippen molar-refractivity contribution in [3.63, 3.8) is 0 Å². The van der Waals surface area contributed by atoms with E-state index in [1.54, 1.807) is 19.2 Å². The number of benzene rings is 2. The summed E-state index contributed by atoms with van der Waals surface area (Å²) in [6.45, 7) is 0. The molecule has 94 valence electrons. The zero-order valence-corrected chi connectivity index (χ0v) is 10.5. The number of methoxy groups -OCH3 is 1. The lowest BCUT2D eigenvalue weighted by Crippen LogP contribution is -2.03. The molecule has 1 aromatic heterocycles. The highest BCUT2D eigenvalue weighted by atomic mass is 16.5. The molecule has 0 amide bonds. The number of hydrogen-bond acceptors (Lipinski definition) is 2. The van der Waals surface area contributed by atoms with Gasteiger partial charge in [-0.1, -0.05) is 30.3 Å². The number of fused-ring (bicyclic) bond motifs is 1. The molecule has 0 saturated carbocycles. The van der Waals surface area contributed by atoms with Gasteiger partial charge in [-0.25, -0.2) is 0 Å². The van der Waals surface area contributed by atoms with Crippen LogP contribution in [0.4, 0.5) is 0 Å². The van der Waals surface area contributed by atoms with Gasteiger partial charge in [0.1, 0.15) is 5.75 Å². The van der Waals surface area contributed by atoms with Crippen molar-refractivity contribution in [2.45, 2.75) is 0 Å². The summed E-state index contributed by atoms with van der Waals surface area (Å²) in [5.41, 5.74) is 2.62. The van der Waals surface area contributed by atoms with E-state index in [4.69, 9.17) is 4.74 Å². The average molecular weight is 251 g/mol. The first-order chi connectivity index (χ1) is 9.28. The van der Waals surface area contributed by atoms with E-state index in [1.165, 1.54) is 0 Å². The molecule has 3 nitrogen and oxygen atoms in total. The number of nitrogens with one attached hydrogen (secondary N) is 1. The molecule has 0 atom stereocenters. The van der Waals surface area contributed by atoms with Crippen LogP contribution in [0.2, 0.25) is 0 Å². The first-order valence-electron chi connectivity index (χ1n) is 6.04. The van der Waals surface area contributed by atoms with E-state index in [2.05, 4.69) is 4.98 Å². The average Bonchev–Trinajstić information content (AvgIpc) is 2.48. The molecule has 0 unspecified atom stereocenters. The molecule has 0 saturated heterocycles. The Hall–Kier alpha value is -2.55. The minimum atomic E-state index is -0.00787. The largest absolute Gasteiger partial charge is 0.497 e. The number of hydrogen-bond donors (Lipinski definition) is 1. The molecule has 0 fully saturated rings. The summed E-state index contributed by atoms with van der Waals surface area (Å²) in [6.07, 6.45) is 0. The fraction of sp³-hybridized carbons (Fsp3) is 0.0625. The van der Waals surface area contributed by atoms with Gasteiger partial charge in [0.15, 0.2) is 5.43 Å². The second-order valence-corrected chi connectivity index (χ2v) is 4.32. The second kappa shape index (κ2) is 4.61. The number of H-pyrrole nitrogens is 1. The van der Waals surface area contributed by atoms with Gasteiger partial charge in [0, 0.05) is 22.7 Å². The van der Waals surface area contributed by atoms with Crippen LogP contribution in [-0.4, -0.2) is 12.1 Å². The summed E-state index contributed by atoms with van der Waals surface area (Å²) in [6, 6.07) is 16.9. The van der Waals surface area contributed by atoms with Crippen molar-refractivity contribution >= 4 is 10.9 Å². The molecule has 3 heteroatoms. The molecule has 1 N–H and O–H groups in total. The lowest BCUT2D eigenvalue weighted by Gasteiger charge is -2.06. The molecular formula is C16H13NO2. The van der Waals surface area contributed by atoms with Gasteiger partial charge in [0.05, 0.1) is 7.11 Å². The van der Waals surface area contributed by atoms with Crippen LogP contribution in [0, 0.1) is 0 Å². The Morgan fingerprint density at radius 1 is 1.00 bits per heavy atom. The van der Waals surface area contributed by atoms with Crippen molar-refractivity contribution < 1.29 is 4.74 Å². The highest BCUT2D eigenvalue weighted by molar-refractivity contribution is 5.82. The maximum absolute atomic E-state index is 12.2. The van der Waals surface area contributed by atoms with Gasteiger partial charge in [-0.2, -0.15) is 0 Å². The highest BCUT2D eigenvalue weighted by Crippen LogP contribution is 2.20. The maximum Gasteiger partial charge on any atom is 0.190 e. The molecule has 0 radical (unpaired) electrons. The Morgan fingerprint density at radius 2 is 1.79 bits per heavy atom. The van der Waals surface area contributed by atoms with Crippen molar-refractivity contribution in [2.75, 3.05) is 7.11 Å². The summed E-state index contributed by atoms with van der Waals surface area (Å²) in [7, 11) is 1.59. The Balaban J connectivity index is 2.23. The van der Waals surface area contributed by atoms with Crippen molar-refractivity contribution in [1.82, 2.24) is 4.98 Å². The van der Waals surface area contributed by atoms with Crippen LogP contribution in [0.5, 0.6) is 5.75 Å². The number of aromatic nitrogens is 1. The molecule has 0 aliphatic carbocycles. The standard InChI is InChI=1S/C16H13NO2/c1-19-12-7-8-14-13(9-12)16(18)10-15(17-14)11-5-3-2-4-6-11/h2-10H,1H3,(H,17,18). The molecular weight excluding hydrogens is 238 g/mol. The fourth-order valence-corrected chi connectivity index (χ4v) is 2.13. The van der Waals surface area contributed by atoms with Gasteiger partial charge in [-0.15, -0.1) is 0 Å². The van der Waals surface area contributed by atoms with Gasteiger partial charge in [0.2, 0.25) is 0 Å². The first kappa shape index (κ1) is 11.5. The zero-order valence-electron chi connectivity index (χ0n) is 10.5. The Labute approximate surface area is 110 Å². The Morgan fingerprint density at radius 3 is 2.53 bits per heavy atom. The van der Waals surface area contributed by atoms with E-state index in [1.807, 2.05) is 42.5 Å². The van der Waals surface area contributed by atoms with Crippen LogP contribution in [0.25, 0.3) is 22.2 Å². The van der Waals surface area contributed by atoms with Gasteiger partial charge in [-0.05, 0) is 23.8 Å². The first-order valence-corrected chi connectivity index (χ1v) is 6.04. The van der Waals surface area contributed by atoms with E-state index >= 15 is 0 Å². The second-order valence-electron chi connectivity index (χ2n) is 4.32. The Bertz CT molecular complexity index is 776. The van der Waals surface area contributed by atoms with Gasteiger partial charge < -0.3 is 9.72 Å². The van der Waals surface area contributed by atoms with E-state index < -0.39 is 0 Å². The predicted octanol–water partition coefficient (Wildman–Crippen LogP) is 3.20. The van der Waals surface area contributed by atoms with Crippen LogP contribution in [0.3, 0.4) is 0 Å². The minimum Gasteiger partial charge on any atom is -0.497 e. The van der Waals surface area contributed by atoms with Crippen molar-refractivity contribution in [2.24, 2.45) is 0 Å². The quantitative estimate of drug-likeness (QED) is 0.760. The highest BCUT2D eigenvalue weighted by Gasteiger charge is 2.05. The van der Waals surface area contributed by atoms with Crippen LogP contribution in [-0.2, 0) is 0 Å². The third-order valence-corrected chi connectivity index (χ3v) is 3.12. The molecule has 2 aromatic carbocycles. The van der Waals surface area contributed by atoms with Crippen LogP contribution in [0.15, 0.2) is 59.4 Å². The predicted molar refractivity (Wildman–Crippen MR) is 76.6 cm³/mol. The summed E-state index contributed by atoms with van der Waals surface area (Å²) >= 11 is 0. The SMILES string of the molecule is COc1ccc2[nH]c(-c3ccccc3)cc(=O)c2c1. The number of aromatic amines is 1. The van der Waals surface area contributed by atoms with Gasteiger partial charge >= 0.3 is 0 Å². The van der Waals surface area contributed by atoms with E-state index in [0.29, 0.717) is 11.1 Å². The molecule has 3 rings (SSSR count). The smallest absolute Gasteiger partial charge is 0.190 e. The third-order valence-electron chi connectivity index (χ3n) is 3.12. The molecule has 19 heavy (non-hydrogen) atoms. The number of ether oxygens (including phenoxy) is 1. The summed E-state index contributed by atoms with van der Waals surface area (Å²) < 4.78 is 5.14. The van der Waals surface area contributed by atoms with Gasteiger partial charge in [0.25, 0.3) is 0 Å². The third kappa shape index (κ3) is 2.10. The maximum atomic E-state index is 12.2. The lowest BCUT2D eigenvalue weighted by molar-refractivity contribution is 0.415. The molecule has 3 aromatic rings. The van der Waals surface area contributed by atoms with Gasteiger partial charge in [-0.3, -0.25) is 4.79 Å². The molecule has 0 aliphatic heterocycles. The van der Waals surface area contributed by atoms with Crippen molar-refractivity contribution in [1.29, 1.82) is 0 Å². The summed E-state index contributed by atoms with van der Waals surface area (Å²) in [5.74, 6) is 0.686. The lowest BCUT2D eigenvalue weighted by atomic mass is 10.1. The summed E-state index contributed by atoms with van der Waals surface area (Å²) in [5, 5.41) is 0.638. The molecule has 0 spiro atoms. The topological polar surface area (TPSA) is 42.1 Å². The van der Waals surface area contributed by atoms with E-state index in [9.17, 15) is 4.79 Å². The fourth-order valence-electron chi connectivity index (χ4n) is 2.13. The van der Waals surface area contributed by atoms with E-state index in [0.717, 1.165) is 16.8 Å². The van der Waals surface area contributed by atoms with Crippen molar-refractivity contribution in [3.05, 3.63) is 64.8 Å². The van der Waals surface area contributed by atoms with E-state index in [-0.39, 0.29) is 5.43 Å². The van der Waals surface area contributed by atoms with Crippen LogP contribution < -0.4 is 10.2 Å². The molecule has 1 heterocycles. The number of rotatable bonds is 2. The minimum absolute atomic E-state index is 0.00787. The molecule has 0 aliphatic rings. The normalized spacial score (nSPS) is 10.6. The van der Waals surface area contributed by atoms with Crippen LogP contribution >= 0.6 is 0 Å². The zero-order chi connectivity index (χ0) is 13.2. The summed E-state index contributed by atoms with van der Waals surface area (Å²) in [4.78, 5) is 15.4. The van der Waals surface area contributed by atoms with Crippen LogP contribution in [0.1, 0.15) is 0 Å². The van der Waals surface area contributed by atoms with Crippen molar-refractivity contribution in [3.8, 4) is 17.0 Å². The number of pyridine rings is 1. The monoisotopic (exact) mass is 251 g/mol. The molecule has 0 bridgehead atoms. The Kier molecular flexibility index (Phi) is 2.80.